The summed E-state index contributed by atoms with van der Waals surface area (Å²) in [7, 11) is -2.19. The summed E-state index contributed by atoms with van der Waals surface area (Å²) >= 11 is 0. The standard InChI is InChI=1S/C17H18FN3O4S/c1-19(26(2,24)25)15-8-10-21(17(15)23)14-7-6-12(11-13(14)18)20-9-4-3-5-16(20)22/h3-7,9,11,15H,8,10H2,1-2H3. The lowest BCUT2D eigenvalue weighted by Crippen LogP contribution is -2.42. The molecule has 7 nitrogen and oxygen atoms in total. The van der Waals surface area contributed by atoms with Crippen LogP contribution in [-0.4, -0.2) is 49.1 Å². The van der Waals surface area contributed by atoms with E-state index in [4.69, 9.17) is 0 Å². The van der Waals surface area contributed by atoms with E-state index in [0.717, 1.165) is 10.6 Å². The number of amides is 1. The molecule has 3 rings (SSSR count). The van der Waals surface area contributed by atoms with Crippen molar-refractivity contribution in [3.05, 3.63) is 58.8 Å². The third kappa shape index (κ3) is 3.27. The predicted octanol–water partition coefficient (Wildman–Crippen LogP) is 0.973. The number of carbonyl (C=O) groups excluding carboxylic acids is 1. The van der Waals surface area contributed by atoms with Crippen molar-refractivity contribution in [3.63, 3.8) is 0 Å². The number of pyridine rings is 1. The Morgan fingerprint density at radius 2 is 1.92 bits per heavy atom. The van der Waals surface area contributed by atoms with Crippen LogP contribution in [0.2, 0.25) is 0 Å². The van der Waals surface area contributed by atoms with Crippen molar-refractivity contribution in [1.29, 1.82) is 0 Å². The average Bonchev–Trinajstić information content (AvgIpc) is 2.95. The fourth-order valence-corrected chi connectivity index (χ4v) is 3.64. The quantitative estimate of drug-likeness (QED) is 0.793. The smallest absolute Gasteiger partial charge is 0.255 e. The molecular formula is C17H18FN3O4S. The summed E-state index contributed by atoms with van der Waals surface area (Å²) in [5.74, 6) is -1.13. The van der Waals surface area contributed by atoms with Gasteiger partial charge < -0.3 is 4.90 Å². The van der Waals surface area contributed by atoms with E-state index in [-0.39, 0.29) is 24.2 Å². The Morgan fingerprint density at radius 1 is 1.19 bits per heavy atom. The second-order valence-corrected chi connectivity index (χ2v) is 8.16. The topological polar surface area (TPSA) is 79.7 Å². The van der Waals surface area contributed by atoms with Crippen LogP contribution < -0.4 is 10.5 Å². The zero-order valence-electron chi connectivity index (χ0n) is 14.3. The van der Waals surface area contributed by atoms with Gasteiger partial charge in [-0.3, -0.25) is 14.2 Å². The molecule has 0 aliphatic carbocycles. The molecule has 9 heteroatoms. The lowest BCUT2D eigenvalue weighted by atomic mass is 10.2. The van der Waals surface area contributed by atoms with Gasteiger partial charge in [-0.25, -0.2) is 12.8 Å². The zero-order chi connectivity index (χ0) is 19.1. The lowest BCUT2D eigenvalue weighted by molar-refractivity contribution is -0.120. The minimum absolute atomic E-state index is 0.0622. The number of anilines is 1. The van der Waals surface area contributed by atoms with Crippen molar-refractivity contribution < 1.29 is 17.6 Å². The molecule has 138 valence electrons. The van der Waals surface area contributed by atoms with E-state index in [0.29, 0.717) is 5.69 Å². The van der Waals surface area contributed by atoms with Crippen LogP contribution in [0.25, 0.3) is 5.69 Å². The van der Waals surface area contributed by atoms with Crippen LogP contribution in [0.1, 0.15) is 6.42 Å². The number of halogens is 1. The van der Waals surface area contributed by atoms with Crippen LogP contribution in [0.4, 0.5) is 10.1 Å². The van der Waals surface area contributed by atoms with Crippen molar-refractivity contribution in [3.8, 4) is 5.69 Å². The van der Waals surface area contributed by atoms with Gasteiger partial charge in [-0.1, -0.05) is 6.07 Å². The molecule has 2 aromatic rings. The van der Waals surface area contributed by atoms with Gasteiger partial charge >= 0.3 is 0 Å². The van der Waals surface area contributed by atoms with Crippen LogP contribution in [0.15, 0.2) is 47.4 Å². The highest BCUT2D eigenvalue weighted by molar-refractivity contribution is 7.88. The van der Waals surface area contributed by atoms with Gasteiger partial charge in [-0.15, -0.1) is 0 Å². The van der Waals surface area contributed by atoms with Crippen LogP contribution >= 0.6 is 0 Å². The molecule has 1 atom stereocenters. The molecule has 1 fully saturated rings. The number of aromatic nitrogens is 1. The molecule has 2 heterocycles. The molecule has 26 heavy (non-hydrogen) atoms. The predicted molar refractivity (Wildman–Crippen MR) is 95.4 cm³/mol. The fraction of sp³-hybridized carbons (Fsp3) is 0.294. The molecule has 0 bridgehead atoms. The Balaban J connectivity index is 1.91. The summed E-state index contributed by atoms with van der Waals surface area (Å²) in [5.41, 5.74) is 0.104. The highest BCUT2D eigenvalue weighted by atomic mass is 32.2. The highest BCUT2D eigenvalue weighted by Crippen LogP contribution is 2.28. The summed E-state index contributed by atoms with van der Waals surface area (Å²) in [6.07, 6.45) is 2.83. The Kier molecular flexibility index (Phi) is 4.68. The maximum absolute atomic E-state index is 14.6. The largest absolute Gasteiger partial charge is 0.308 e. The number of rotatable bonds is 4. The van der Waals surface area contributed by atoms with Crippen molar-refractivity contribution in [1.82, 2.24) is 8.87 Å². The van der Waals surface area contributed by atoms with Crippen molar-refractivity contribution in [2.45, 2.75) is 12.5 Å². The molecule has 1 amide bonds. The molecule has 1 aromatic carbocycles. The first-order chi connectivity index (χ1) is 12.2. The minimum atomic E-state index is -3.53. The number of nitrogens with zero attached hydrogens (tertiary/aromatic N) is 3. The Morgan fingerprint density at radius 3 is 2.54 bits per heavy atom. The zero-order valence-corrected chi connectivity index (χ0v) is 15.1. The molecule has 1 aromatic heterocycles. The van der Waals surface area contributed by atoms with Crippen LogP contribution in [0.5, 0.6) is 0 Å². The van der Waals surface area contributed by atoms with Crippen LogP contribution in [0, 0.1) is 5.82 Å². The summed E-state index contributed by atoms with van der Waals surface area (Å²) < 4.78 is 40.2. The molecule has 1 aliphatic heterocycles. The summed E-state index contributed by atoms with van der Waals surface area (Å²) in [5, 5.41) is 0. The molecule has 1 aliphatic rings. The normalized spacial score (nSPS) is 17.9. The molecule has 0 N–H and O–H groups in total. The van der Waals surface area contributed by atoms with E-state index in [1.807, 2.05) is 0 Å². The first-order valence-corrected chi connectivity index (χ1v) is 9.77. The number of carbonyl (C=O) groups is 1. The van der Waals surface area contributed by atoms with E-state index in [1.165, 1.54) is 40.9 Å². The number of hydrogen-bond donors (Lipinski definition) is 0. The average molecular weight is 379 g/mol. The van der Waals surface area contributed by atoms with E-state index in [2.05, 4.69) is 0 Å². The second-order valence-electron chi connectivity index (χ2n) is 6.12. The van der Waals surface area contributed by atoms with E-state index >= 15 is 0 Å². The van der Waals surface area contributed by atoms with E-state index in [9.17, 15) is 22.4 Å². The number of hydrogen-bond acceptors (Lipinski definition) is 4. The lowest BCUT2D eigenvalue weighted by Gasteiger charge is -2.22. The summed E-state index contributed by atoms with van der Waals surface area (Å²) in [4.78, 5) is 25.6. The number of benzene rings is 1. The van der Waals surface area contributed by atoms with Gasteiger partial charge in [-0.2, -0.15) is 4.31 Å². The molecular weight excluding hydrogens is 361 g/mol. The van der Waals surface area contributed by atoms with E-state index in [1.54, 1.807) is 18.2 Å². The van der Waals surface area contributed by atoms with Crippen molar-refractivity contribution in [2.75, 3.05) is 24.7 Å². The minimum Gasteiger partial charge on any atom is -0.308 e. The summed E-state index contributed by atoms with van der Waals surface area (Å²) in [6.45, 7) is 0.213. The van der Waals surface area contributed by atoms with Crippen LogP contribution in [-0.2, 0) is 14.8 Å². The van der Waals surface area contributed by atoms with Crippen LogP contribution in [0.3, 0.4) is 0 Å². The number of likely N-dealkylation sites (N-methyl/N-ethyl adjacent to an activating group) is 1. The first-order valence-electron chi connectivity index (χ1n) is 7.92. The van der Waals surface area contributed by atoms with Gasteiger partial charge in [0.05, 0.1) is 17.6 Å². The fourth-order valence-electron chi connectivity index (χ4n) is 2.98. The molecule has 0 radical (unpaired) electrons. The first kappa shape index (κ1) is 18.3. The third-order valence-corrected chi connectivity index (χ3v) is 5.76. The third-order valence-electron chi connectivity index (χ3n) is 4.46. The summed E-state index contributed by atoms with van der Waals surface area (Å²) in [6, 6.07) is 7.90. The maximum atomic E-state index is 14.6. The van der Waals surface area contributed by atoms with Gasteiger partial charge in [0.1, 0.15) is 11.9 Å². The second kappa shape index (κ2) is 6.65. The molecule has 1 unspecified atom stereocenters. The SMILES string of the molecule is CN(C1CCN(c2ccc(-n3ccccc3=O)cc2F)C1=O)S(C)(=O)=O. The van der Waals surface area contributed by atoms with E-state index < -0.39 is 27.8 Å². The van der Waals surface area contributed by atoms with Gasteiger partial charge in [0, 0.05) is 31.9 Å². The van der Waals surface area contributed by atoms with Gasteiger partial charge in [-0.05, 0) is 24.6 Å². The number of sulfonamides is 1. The maximum Gasteiger partial charge on any atom is 0.255 e. The molecule has 0 spiro atoms. The van der Waals surface area contributed by atoms with Gasteiger partial charge in [0.2, 0.25) is 15.9 Å². The van der Waals surface area contributed by atoms with Crippen molar-refractivity contribution >= 4 is 21.6 Å². The Hall–Kier alpha value is -2.52. The Labute approximate surface area is 150 Å². The van der Waals surface area contributed by atoms with Gasteiger partial charge in [0.25, 0.3) is 5.56 Å². The highest BCUT2D eigenvalue weighted by Gasteiger charge is 2.39. The van der Waals surface area contributed by atoms with Gasteiger partial charge in [0.15, 0.2) is 0 Å². The Bertz CT molecular complexity index is 1020. The molecule has 1 saturated heterocycles. The molecule has 0 saturated carbocycles. The van der Waals surface area contributed by atoms with Crippen molar-refractivity contribution in [2.24, 2.45) is 0 Å². The monoisotopic (exact) mass is 379 g/mol.